The third-order valence-corrected chi connectivity index (χ3v) is 10.4. The summed E-state index contributed by atoms with van der Waals surface area (Å²) in [5, 5.41) is 19.9. The number of primary amides is 2. The number of amides is 2. The molecule has 16 heteroatoms. The Labute approximate surface area is 319 Å². The molecule has 54 heavy (non-hydrogen) atoms. The minimum atomic E-state index is -1.25. The van der Waals surface area contributed by atoms with Crippen molar-refractivity contribution in [2.45, 2.75) is 51.0 Å². The van der Waals surface area contributed by atoms with Gasteiger partial charge in [-0.2, -0.15) is 0 Å². The lowest BCUT2D eigenvalue weighted by molar-refractivity contribution is 0.0991. The lowest BCUT2D eigenvalue weighted by atomic mass is 10.0. The van der Waals surface area contributed by atoms with Crippen molar-refractivity contribution in [3.63, 3.8) is 0 Å². The molecule has 6 N–H and O–H groups in total. The molecule has 0 bridgehead atoms. The van der Waals surface area contributed by atoms with E-state index < -0.39 is 34.7 Å². The summed E-state index contributed by atoms with van der Waals surface area (Å²) in [5.74, 6) is 8.84. The van der Waals surface area contributed by atoms with Gasteiger partial charge in [0.25, 0.3) is 11.8 Å². The van der Waals surface area contributed by atoms with Crippen LogP contribution in [0, 0.1) is 35.3 Å². The number of ether oxygens (including phenoxy) is 2. The zero-order chi connectivity index (χ0) is 39.9. The molecule has 6 rings (SSSR count). The van der Waals surface area contributed by atoms with Crippen molar-refractivity contribution in [3.05, 3.63) is 66.8 Å². The normalized spacial score (nSPS) is 15.9. The van der Waals surface area contributed by atoms with Crippen molar-refractivity contribution < 1.29 is 38.1 Å². The van der Waals surface area contributed by atoms with E-state index in [0.717, 1.165) is 9.75 Å². The van der Waals surface area contributed by atoms with E-state index in [2.05, 4.69) is 33.6 Å². The minimum Gasteiger partial charge on any atom is -0.491 e. The fourth-order valence-electron chi connectivity index (χ4n) is 5.32. The number of hydrogen-bond acceptors (Lipinski definition) is 12. The van der Waals surface area contributed by atoms with Crippen molar-refractivity contribution in [2.24, 2.45) is 11.5 Å². The lowest BCUT2D eigenvalue weighted by Gasteiger charge is -2.21. The molecule has 1 unspecified atom stereocenters. The number of carbonyl (C=O) groups is 2. The Kier molecular flexibility index (Phi) is 11.5. The molecule has 4 heterocycles. The summed E-state index contributed by atoms with van der Waals surface area (Å²) < 4.78 is 40.6. The second-order valence-corrected chi connectivity index (χ2v) is 16.1. The maximum absolute atomic E-state index is 14.5. The van der Waals surface area contributed by atoms with Gasteiger partial charge in [0.2, 0.25) is 0 Å². The molecule has 284 valence electrons. The van der Waals surface area contributed by atoms with Crippen LogP contribution in [0.15, 0.2) is 24.3 Å². The first-order valence-electron chi connectivity index (χ1n) is 16.5. The molecule has 2 aliphatic rings. The average molecular weight is 779 g/mol. The van der Waals surface area contributed by atoms with Crippen LogP contribution in [0.2, 0.25) is 0 Å². The molecule has 0 saturated heterocycles. The van der Waals surface area contributed by atoms with Gasteiger partial charge in [-0.15, -0.1) is 22.7 Å². The zero-order valence-electron chi connectivity index (χ0n) is 30.9. The summed E-state index contributed by atoms with van der Waals surface area (Å²) in [4.78, 5) is 37.6. The van der Waals surface area contributed by atoms with Crippen LogP contribution in [-0.4, -0.2) is 94.4 Å². The van der Waals surface area contributed by atoms with Crippen LogP contribution >= 0.6 is 22.7 Å². The number of fused-ring (bicyclic) bond motifs is 6. The number of aliphatic hydroxyl groups is 2. The van der Waals surface area contributed by atoms with Crippen LogP contribution in [0.4, 0.5) is 8.78 Å². The quantitative estimate of drug-likeness (QED) is 0.218. The van der Waals surface area contributed by atoms with E-state index in [-0.39, 0.29) is 46.4 Å². The second-order valence-electron chi connectivity index (χ2n) is 14.0. The van der Waals surface area contributed by atoms with Crippen LogP contribution < -0.4 is 20.9 Å². The van der Waals surface area contributed by atoms with Gasteiger partial charge in [-0.25, -0.2) is 18.7 Å². The van der Waals surface area contributed by atoms with Crippen LogP contribution in [-0.2, 0) is 0 Å². The molecule has 12 nitrogen and oxygen atoms in total. The molecule has 2 aromatic carbocycles. The third-order valence-electron chi connectivity index (χ3n) is 8.03. The number of carbonyl (C=O) groups excluding carboxylic acids is 2. The maximum Gasteiger partial charge on any atom is 0.277 e. The highest BCUT2D eigenvalue weighted by Gasteiger charge is 2.32. The van der Waals surface area contributed by atoms with E-state index in [9.17, 15) is 28.6 Å². The van der Waals surface area contributed by atoms with Gasteiger partial charge < -0.3 is 31.2 Å². The fourth-order valence-corrected chi connectivity index (χ4v) is 7.55. The molecule has 4 aromatic rings. The molecule has 0 saturated carbocycles. The standard InChI is InChI=1S/2C19H20FN3O3S/c2*1-19(2,25)6-5-10-7-11-14(8-12(10)20)26-9-13(23(3)4)16-15(11)22-18(27-16)17(21)24/h2*7-8,13,25H,9H2,1-4H3,(H2,21,24)/t13-;/m1./s1. The monoisotopic (exact) mass is 778 g/mol. The van der Waals surface area contributed by atoms with E-state index in [0.29, 0.717) is 34.0 Å². The highest BCUT2D eigenvalue weighted by molar-refractivity contribution is 7.14. The van der Waals surface area contributed by atoms with Crippen molar-refractivity contribution >= 4 is 34.5 Å². The number of likely N-dealkylation sites (N-methyl/N-ethyl adjacent to an activating group) is 2. The molecule has 2 aromatic heterocycles. The topological polar surface area (TPSA) is 177 Å². The van der Waals surface area contributed by atoms with Crippen molar-refractivity contribution in [3.8, 4) is 57.7 Å². The molecule has 2 amide bonds. The number of aromatic nitrogens is 2. The largest absolute Gasteiger partial charge is 0.491 e. The van der Waals surface area contributed by atoms with Gasteiger partial charge in [-0.05, 0) is 68.0 Å². The third kappa shape index (κ3) is 9.05. The molecule has 0 aliphatic carbocycles. The smallest absolute Gasteiger partial charge is 0.277 e. The first kappa shape index (κ1) is 40.2. The predicted octanol–water partition coefficient (Wildman–Crippen LogP) is 4.33. The Balaban J connectivity index is 0.000000208. The summed E-state index contributed by atoms with van der Waals surface area (Å²) in [6.45, 7) is 6.63. The zero-order valence-corrected chi connectivity index (χ0v) is 32.6. The highest BCUT2D eigenvalue weighted by atomic mass is 32.1. The second kappa shape index (κ2) is 15.4. The molecule has 2 aliphatic heterocycles. The minimum absolute atomic E-state index is 0.113. The predicted molar refractivity (Wildman–Crippen MR) is 202 cm³/mol. The SMILES string of the molecule is CN(C)C1COc2cc(F)c(C#CC(C)(C)O)cc2-c2nc(C(N)=O)sc21.CN(C)[C@@H]1COc2cc(F)c(C#CC(C)(C)O)cc2-c2nc(C(N)=O)sc21. The summed E-state index contributed by atoms with van der Waals surface area (Å²) in [7, 11) is 7.55. The van der Waals surface area contributed by atoms with Crippen LogP contribution in [0.5, 0.6) is 11.5 Å². The highest BCUT2D eigenvalue weighted by Crippen LogP contribution is 2.44. The van der Waals surface area contributed by atoms with Crippen LogP contribution in [0.1, 0.15) is 80.3 Å². The number of nitrogens with two attached hydrogens (primary N) is 2. The molecular formula is C38H40F2N6O6S2. The van der Waals surface area contributed by atoms with Gasteiger partial charge in [0, 0.05) is 23.3 Å². The number of hydrogen-bond donors (Lipinski definition) is 4. The van der Waals surface area contributed by atoms with E-state index in [1.807, 2.05) is 38.0 Å². The number of nitrogens with zero attached hydrogens (tertiary/aromatic N) is 4. The van der Waals surface area contributed by atoms with Gasteiger partial charge in [0.1, 0.15) is 47.5 Å². The Morgan fingerprint density at radius 2 is 1.09 bits per heavy atom. The fraction of sp³-hybridized carbons (Fsp3) is 0.368. The van der Waals surface area contributed by atoms with E-state index in [4.69, 9.17) is 20.9 Å². The number of thiazole rings is 2. The maximum atomic E-state index is 14.5. The Morgan fingerprint density at radius 1 is 0.741 bits per heavy atom. The lowest BCUT2D eigenvalue weighted by Crippen LogP contribution is -2.24. The summed E-state index contributed by atoms with van der Waals surface area (Å²) >= 11 is 2.41. The van der Waals surface area contributed by atoms with E-state index in [1.54, 1.807) is 0 Å². The Morgan fingerprint density at radius 3 is 1.39 bits per heavy atom. The van der Waals surface area contributed by atoms with Gasteiger partial charge >= 0.3 is 0 Å². The van der Waals surface area contributed by atoms with E-state index in [1.165, 1.54) is 74.6 Å². The van der Waals surface area contributed by atoms with Crippen LogP contribution in [0.25, 0.3) is 22.5 Å². The van der Waals surface area contributed by atoms with Crippen molar-refractivity contribution in [1.29, 1.82) is 0 Å². The molecular weight excluding hydrogens is 739 g/mol. The molecule has 0 radical (unpaired) electrons. The summed E-state index contributed by atoms with van der Waals surface area (Å²) in [5.41, 5.74) is 10.7. The molecule has 2 atom stereocenters. The van der Waals surface area contributed by atoms with E-state index >= 15 is 0 Å². The number of rotatable bonds is 4. The van der Waals surface area contributed by atoms with Crippen LogP contribution in [0.3, 0.4) is 0 Å². The first-order chi connectivity index (χ1) is 25.1. The summed E-state index contributed by atoms with van der Waals surface area (Å²) in [6.07, 6.45) is 0. The summed E-state index contributed by atoms with van der Waals surface area (Å²) in [6, 6.07) is 5.26. The number of halogens is 2. The molecule has 0 spiro atoms. The van der Waals surface area contributed by atoms with Gasteiger partial charge in [0.15, 0.2) is 10.0 Å². The van der Waals surface area contributed by atoms with Gasteiger partial charge in [0.05, 0.1) is 44.4 Å². The Hall–Kier alpha value is -4.94. The average Bonchev–Trinajstić information content (AvgIpc) is 3.62. The van der Waals surface area contributed by atoms with Gasteiger partial charge in [-0.1, -0.05) is 23.7 Å². The van der Waals surface area contributed by atoms with Crippen molar-refractivity contribution in [1.82, 2.24) is 19.8 Å². The number of benzene rings is 2. The Bertz CT molecular complexity index is 2090. The van der Waals surface area contributed by atoms with Gasteiger partial charge in [-0.3, -0.25) is 19.4 Å². The molecule has 0 fully saturated rings. The van der Waals surface area contributed by atoms with Crippen molar-refractivity contribution in [2.75, 3.05) is 41.4 Å². The first-order valence-corrected chi connectivity index (χ1v) is 18.1.